The topological polar surface area (TPSA) is 76.4 Å². The second-order valence-corrected chi connectivity index (χ2v) is 7.23. The van der Waals surface area contributed by atoms with Crippen LogP contribution in [0.3, 0.4) is 0 Å². The molecule has 0 unspecified atom stereocenters. The van der Waals surface area contributed by atoms with E-state index < -0.39 is 6.04 Å². The van der Waals surface area contributed by atoms with Gasteiger partial charge in [0.25, 0.3) is 0 Å². The molecule has 2 aromatic carbocycles. The lowest BCUT2D eigenvalue weighted by Gasteiger charge is -2.28. The van der Waals surface area contributed by atoms with E-state index in [4.69, 9.17) is 16.9 Å². The number of amides is 3. The number of nitrogens with one attached hydrogen (secondary N) is 1. The summed E-state index contributed by atoms with van der Waals surface area (Å²) in [6, 6.07) is 15.3. The van der Waals surface area contributed by atoms with Gasteiger partial charge in [-0.3, -0.25) is 4.79 Å². The van der Waals surface area contributed by atoms with E-state index in [2.05, 4.69) is 11.4 Å². The molecule has 1 aliphatic rings. The van der Waals surface area contributed by atoms with Crippen molar-refractivity contribution < 1.29 is 9.59 Å². The zero-order chi connectivity index (χ0) is 20.1. The first-order valence-electron chi connectivity index (χ1n) is 9.05. The Balaban J connectivity index is 1.63. The number of carbonyl (C=O) groups excluding carboxylic acids is 2. The van der Waals surface area contributed by atoms with Crippen LogP contribution >= 0.6 is 11.6 Å². The van der Waals surface area contributed by atoms with E-state index in [0.29, 0.717) is 35.8 Å². The maximum absolute atomic E-state index is 12.9. The van der Waals surface area contributed by atoms with Gasteiger partial charge in [-0.2, -0.15) is 5.26 Å². The van der Waals surface area contributed by atoms with Gasteiger partial charge in [-0.05, 0) is 54.8 Å². The normalized spacial score (nSPS) is 15.8. The SMILES string of the molecule is CN(Cc1ccc(C#N)cc1)C(=O)[C@H]1CCCN1C(=O)Nc1ccc(Cl)cc1. The molecule has 7 heteroatoms. The van der Waals surface area contributed by atoms with Crippen LogP contribution in [0.15, 0.2) is 48.5 Å². The number of carbonyl (C=O) groups is 2. The number of benzene rings is 2. The Morgan fingerprint density at radius 3 is 2.54 bits per heavy atom. The van der Waals surface area contributed by atoms with E-state index in [-0.39, 0.29) is 11.9 Å². The highest BCUT2D eigenvalue weighted by Gasteiger charge is 2.35. The summed E-state index contributed by atoms with van der Waals surface area (Å²) in [5, 5.41) is 12.3. The predicted octanol–water partition coefficient (Wildman–Crippen LogP) is 3.87. The quantitative estimate of drug-likeness (QED) is 0.852. The zero-order valence-electron chi connectivity index (χ0n) is 15.6. The number of likely N-dealkylation sites (N-methyl/N-ethyl adjacent to an activating group) is 1. The molecule has 3 amide bonds. The van der Waals surface area contributed by atoms with Crippen molar-refractivity contribution in [2.75, 3.05) is 18.9 Å². The highest BCUT2D eigenvalue weighted by atomic mass is 35.5. The monoisotopic (exact) mass is 396 g/mol. The minimum Gasteiger partial charge on any atom is -0.340 e. The molecule has 1 N–H and O–H groups in total. The maximum Gasteiger partial charge on any atom is 0.322 e. The van der Waals surface area contributed by atoms with Crippen LogP contribution in [0.5, 0.6) is 0 Å². The van der Waals surface area contributed by atoms with Crippen molar-refractivity contribution in [2.45, 2.75) is 25.4 Å². The van der Waals surface area contributed by atoms with Gasteiger partial charge in [-0.25, -0.2) is 4.79 Å². The molecule has 1 atom stereocenters. The lowest BCUT2D eigenvalue weighted by Crippen LogP contribution is -2.47. The molecular formula is C21H21ClN4O2. The van der Waals surface area contributed by atoms with Crippen molar-refractivity contribution in [1.82, 2.24) is 9.80 Å². The smallest absolute Gasteiger partial charge is 0.322 e. The molecular weight excluding hydrogens is 376 g/mol. The van der Waals surface area contributed by atoms with Gasteiger partial charge in [0.15, 0.2) is 0 Å². The highest BCUT2D eigenvalue weighted by Crippen LogP contribution is 2.22. The lowest BCUT2D eigenvalue weighted by atomic mass is 10.1. The summed E-state index contributed by atoms with van der Waals surface area (Å²) in [4.78, 5) is 28.8. The predicted molar refractivity (Wildman–Crippen MR) is 108 cm³/mol. The highest BCUT2D eigenvalue weighted by molar-refractivity contribution is 6.30. The number of rotatable bonds is 4. The van der Waals surface area contributed by atoms with Gasteiger partial charge in [-0.1, -0.05) is 23.7 Å². The summed E-state index contributed by atoms with van der Waals surface area (Å²) in [5.41, 5.74) is 2.15. The second kappa shape index (κ2) is 8.77. The Labute approximate surface area is 169 Å². The fraction of sp³-hybridized carbons (Fsp3) is 0.286. The number of hydrogen-bond donors (Lipinski definition) is 1. The third-order valence-electron chi connectivity index (χ3n) is 4.77. The third kappa shape index (κ3) is 4.62. The molecule has 0 aromatic heterocycles. The Bertz CT molecular complexity index is 890. The van der Waals surface area contributed by atoms with Gasteiger partial charge in [0.2, 0.25) is 5.91 Å². The van der Waals surface area contributed by atoms with Crippen LogP contribution in [-0.4, -0.2) is 41.4 Å². The largest absolute Gasteiger partial charge is 0.340 e. The average Bonchev–Trinajstić information content (AvgIpc) is 3.19. The maximum atomic E-state index is 12.9. The van der Waals surface area contributed by atoms with Crippen LogP contribution < -0.4 is 5.32 Å². The second-order valence-electron chi connectivity index (χ2n) is 6.79. The molecule has 1 heterocycles. The van der Waals surface area contributed by atoms with Gasteiger partial charge in [0, 0.05) is 30.8 Å². The molecule has 1 aliphatic heterocycles. The molecule has 1 fully saturated rings. The lowest BCUT2D eigenvalue weighted by molar-refractivity contribution is -0.134. The van der Waals surface area contributed by atoms with Gasteiger partial charge < -0.3 is 15.1 Å². The fourth-order valence-electron chi connectivity index (χ4n) is 3.29. The standard InChI is InChI=1S/C21H21ClN4O2/c1-25(14-16-6-4-15(13-23)5-7-16)20(27)19-3-2-12-26(19)21(28)24-18-10-8-17(22)9-11-18/h4-11,19H,2-3,12,14H2,1H3,(H,24,28)/t19-/m1/s1. The van der Waals surface area contributed by atoms with E-state index in [1.807, 2.05) is 12.1 Å². The number of anilines is 1. The minimum absolute atomic E-state index is 0.0897. The summed E-state index contributed by atoms with van der Waals surface area (Å²) >= 11 is 5.87. The van der Waals surface area contributed by atoms with E-state index in [9.17, 15) is 9.59 Å². The molecule has 0 bridgehead atoms. The van der Waals surface area contributed by atoms with Crippen LogP contribution in [-0.2, 0) is 11.3 Å². The molecule has 6 nitrogen and oxygen atoms in total. The Kier molecular flexibility index (Phi) is 6.17. The van der Waals surface area contributed by atoms with Crippen molar-refractivity contribution >= 4 is 29.2 Å². The Morgan fingerprint density at radius 1 is 1.21 bits per heavy atom. The van der Waals surface area contributed by atoms with Crippen molar-refractivity contribution in [3.63, 3.8) is 0 Å². The molecule has 3 rings (SSSR count). The van der Waals surface area contributed by atoms with Gasteiger partial charge in [0.05, 0.1) is 11.6 Å². The molecule has 2 aromatic rings. The van der Waals surface area contributed by atoms with Crippen LogP contribution in [0.25, 0.3) is 0 Å². The average molecular weight is 397 g/mol. The fourth-order valence-corrected chi connectivity index (χ4v) is 3.41. The number of likely N-dealkylation sites (tertiary alicyclic amines) is 1. The van der Waals surface area contributed by atoms with E-state index >= 15 is 0 Å². The molecule has 0 saturated carbocycles. The molecule has 0 spiro atoms. The number of nitrogens with zero attached hydrogens (tertiary/aromatic N) is 3. The number of halogens is 1. The van der Waals surface area contributed by atoms with E-state index in [1.165, 1.54) is 0 Å². The minimum atomic E-state index is -0.476. The first kappa shape index (κ1) is 19.7. The summed E-state index contributed by atoms with van der Waals surface area (Å²) < 4.78 is 0. The molecule has 0 radical (unpaired) electrons. The first-order chi connectivity index (χ1) is 13.5. The van der Waals surface area contributed by atoms with E-state index in [1.54, 1.807) is 53.2 Å². The first-order valence-corrected chi connectivity index (χ1v) is 9.43. The summed E-state index contributed by atoms with van der Waals surface area (Å²) in [6.07, 6.45) is 1.43. The van der Waals surface area contributed by atoms with Crippen LogP contribution in [0.1, 0.15) is 24.0 Å². The molecule has 0 aliphatic carbocycles. The summed E-state index contributed by atoms with van der Waals surface area (Å²) in [5.74, 6) is -0.0897. The summed E-state index contributed by atoms with van der Waals surface area (Å²) in [7, 11) is 1.73. The van der Waals surface area contributed by atoms with Gasteiger partial charge in [-0.15, -0.1) is 0 Å². The van der Waals surface area contributed by atoms with Gasteiger partial charge >= 0.3 is 6.03 Å². The molecule has 144 valence electrons. The van der Waals surface area contributed by atoms with Crippen molar-refractivity contribution in [1.29, 1.82) is 5.26 Å². The number of urea groups is 1. The number of nitriles is 1. The van der Waals surface area contributed by atoms with Crippen LogP contribution in [0.4, 0.5) is 10.5 Å². The van der Waals surface area contributed by atoms with Crippen molar-refractivity contribution in [3.05, 3.63) is 64.7 Å². The Hall–Kier alpha value is -3.04. The Morgan fingerprint density at radius 2 is 1.89 bits per heavy atom. The molecule has 1 saturated heterocycles. The number of hydrogen-bond acceptors (Lipinski definition) is 3. The van der Waals surface area contributed by atoms with Crippen molar-refractivity contribution in [3.8, 4) is 6.07 Å². The van der Waals surface area contributed by atoms with E-state index in [0.717, 1.165) is 12.0 Å². The van der Waals surface area contributed by atoms with Crippen LogP contribution in [0, 0.1) is 11.3 Å². The zero-order valence-corrected chi connectivity index (χ0v) is 16.3. The third-order valence-corrected chi connectivity index (χ3v) is 5.03. The molecule has 28 heavy (non-hydrogen) atoms. The van der Waals surface area contributed by atoms with Gasteiger partial charge in [0.1, 0.15) is 6.04 Å². The summed E-state index contributed by atoms with van der Waals surface area (Å²) in [6.45, 7) is 0.966. The van der Waals surface area contributed by atoms with Crippen LogP contribution in [0.2, 0.25) is 5.02 Å². The van der Waals surface area contributed by atoms with Crippen molar-refractivity contribution in [2.24, 2.45) is 0 Å².